The van der Waals surface area contributed by atoms with Gasteiger partial charge >= 0.3 is 6.03 Å². The molecule has 1 aromatic carbocycles. The minimum Gasteiger partial charge on any atom is -0.356 e. The van der Waals surface area contributed by atoms with E-state index in [9.17, 15) is 14.4 Å². The molecule has 1 N–H and O–H groups in total. The standard InChI is InChI=1S/C16H18N4O3S/c1-19-11(15(22)20(2)16(19)23)9-13(21)17-8-7-14-18-10-5-3-4-6-12(10)24-14/h3-6,11H,7-9H2,1-2H3,(H,17,21). The van der Waals surface area contributed by atoms with Gasteiger partial charge in [0.15, 0.2) is 0 Å². The summed E-state index contributed by atoms with van der Waals surface area (Å²) in [5.41, 5.74) is 0.962. The maximum Gasteiger partial charge on any atom is 0.326 e. The van der Waals surface area contributed by atoms with Crippen molar-refractivity contribution in [3.8, 4) is 0 Å². The average molecular weight is 346 g/mol. The van der Waals surface area contributed by atoms with Crippen molar-refractivity contribution < 1.29 is 14.4 Å². The van der Waals surface area contributed by atoms with Crippen LogP contribution in [-0.2, 0) is 16.0 Å². The number of thiazole rings is 1. The highest BCUT2D eigenvalue weighted by Gasteiger charge is 2.41. The fraction of sp³-hybridized carbons (Fsp3) is 0.375. The SMILES string of the molecule is CN1C(=O)C(CC(=O)NCCc2nc3ccccc3s2)N(C)C1=O. The van der Waals surface area contributed by atoms with Crippen LogP contribution in [0.25, 0.3) is 10.2 Å². The van der Waals surface area contributed by atoms with E-state index >= 15 is 0 Å². The van der Waals surface area contributed by atoms with Crippen LogP contribution < -0.4 is 5.32 Å². The molecule has 1 unspecified atom stereocenters. The fourth-order valence-corrected chi connectivity index (χ4v) is 3.63. The molecular formula is C16H18N4O3S. The zero-order valence-electron chi connectivity index (χ0n) is 13.5. The summed E-state index contributed by atoms with van der Waals surface area (Å²) in [6.45, 7) is 0.451. The Morgan fingerprint density at radius 1 is 1.29 bits per heavy atom. The van der Waals surface area contributed by atoms with Crippen molar-refractivity contribution in [2.24, 2.45) is 0 Å². The van der Waals surface area contributed by atoms with E-state index in [1.54, 1.807) is 11.3 Å². The molecule has 0 saturated carbocycles. The Balaban J connectivity index is 1.51. The van der Waals surface area contributed by atoms with Gasteiger partial charge < -0.3 is 10.2 Å². The molecule has 8 heteroatoms. The van der Waals surface area contributed by atoms with Gasteiger partial charge in [0.1, 0.15) is 6.04 Å². The third-order valence-corrected chi connectivity index (χ3v) is 5.15. The Morgan fingerprint density at radius 2 is 2.04 bits per heavy atom. The minimum atomic E-state index is -0.718. The first-order chi connectivity index (χ1) is 11.5. The highest BCUT2D eigenvalue weighted by atomic mass is 32.1. The summed E-state index contributed by atoms with van der Waals surface area (Å²) in [4.78, 5) is 42.5. The molecule has 2 heterocycles. The number of para-hydroxylation sites is 1. The first-order valence-corrected chi connectivity index (χ1v) is 8.44. The third kappa shape index (κ3) is 3.09. The van der Waals surface area contributed by atoms with Gasteiger partial charge in [-0.05, 0) is 12.1 Å². The van der Waals surface area contributed by atoms with Crippen LogP contribution in [0.2, 0.25) is 0 Å². The lowest BCUT2D eigenvalue weighted by atomic mass is 10.2. The largest absolute Gasteiger partial charge is 0.356 e. The van der Waals surface area contributed by atoms with Gasteiger partial charge in [0, 0.05) is 27.1 Å². The van der Waals surface area contributed by atoms with E-state index in [0.29, 0.717) is 13.0 Å². The van der Waals surface area contributed by atoms with Crippen LogP contribution >= 0.6 is 11.3 Å². The quantitative estimate of drug-likeness (QED) is 0.826. The van der Waals surface area contributed by atoms with Crippen molar-refractivity contribution in [1.29, 1.82) is 0 Å². The van der Waals surface area contributed by atoms with Gasteiger partial charge in [-0.1, -0.05) is 12.1 Å². The fourth-order valence-electron chi connectivity index (χ4n) is 2.66. The zero-order valence-corrected chi connectivity index (χ0v) is 14.3. The molecule has 0 spiro atoms. The van der Waals surface area contributed by atoms with E-state index in [1.165, 1.54) is 19.0 Å². The molecule has 126 valence electrons. The van der Waals surface area contributed by atoms with Crippen molar-refractivity contribution in [2.75, 3.05) is 20.6 Å². The van der Waals surface area contributed by atoms with Gasteiger partial charge in [0.2, 0.25) is 5.91 Å². The van der Waals surface area contributed by atoms with Crippen molar-refractivity contribution in [3.05, 3.63) is 29.3 Å². The number of nitrogens with one attached hydrogen (secondary N) is 1. The van der Waals surface area contributed by atoms with Gasteiger partial charge in [0.25, 0.3) is 5.91 Å². The smallest absolute Gasteiger partial charge is 0.326 e. The number of benzene rings is 1. The van der Waals surface area contributed by atoms with Crippen LogP contribution in [0.5, 0.6) is 0 Å². The number of urea groups is 1. The average Bonchev–Trinajstić information content (AvgIpc) is 3.06. The van der Waals surface area contributed by atoms with Crippen molar-refractivity contribution in [1.82, 2.24) is 20.1 Å². The topological polar surface area (TPSA) is 82.6 Å². The highest BCUT2D eigenvalue weighted by Crippen LogP contribution is 2.21. The summed E-state index contributed by atoms with van der Waals surface area (Å²) in [5, 5.41) is 3.75. The summed E-state index contributed by atoms with van der Waals surface area (Å²) < 4.78 is 1.12. The summed E-state index contributed by atoms with van der Waals surface area (Å²) in [6, 6.07) is 6.80. The molecule has 3 rings (SSSR count). The number of nitrogens with zero attached hydrogens (tertiary/aromatic N) is 3. The Bertz CT molecular complexity index is 770. The number of amides is 4. The van der Waals surface area contributed by atoms with Crippen LogP contribution in [-0.4, -0.2) is 59.3 Å². The van der Waals surface area contributed by atoms with E-state index in [-0.39, 0.29) is 24.3 Å². The number of carbonyl (C=O) groups is 3. The summed E-state index contributed by atoms with van der Waals surface area (Å²) in [7, 11) is 2.95. The van der Waals surface area contributed by atoms with Crippen LogP contribution in [0.4, 0.5) is 4.79 Å². The number of hydrogen-bond donors (Lipinski definition) is 1. The van der Waals surface area contributed by atoms with Gasteiger partial charge in [-0.25, -0.2) is 9.78 Å². The number of hydrogen-bond acceptors (Lipinski definition) is 5. The van der Waals surface area contributed by atoms with E-state index < -0.39 is 6.04 Å². The molecule has 24 heavy (non-hydrogen) atoms. The second-order valence-electron chi connectivity index (χ2n) is 5.69. The molecular weight excluding hydrogens is 328 g/mol. The Hall–Kier alpha value is -2.48. The number of rotatable bonds is 5. The molecule has 1 saturated heterocycles. The van der Waals surface area contributed by atoms with Crippen molar-refractivity contribution in [2.45, 2.75) is 18.9 Å². The summed E-state index contributed by atoms with van der Waals surface area (Å²) in [6.07, 6.45) is 0.615. The minimum absolute atomic E-state index is 0.0226. The van der Waals surface area contributed by atoms with Crippen LogP contribution in [0.3, 0.4) is 0 Å². The molecule has 1 aliphatic heterocycles. The van der Waals surface area contributed by atoms with Gasteiger partial charge in [0.05, 0.1) is 21.6 Å². The van der Waals surface area contributed by atoms with Crippen molar-refractivity contribution >= 4 is 39.4 Å². The predicted octanol–water partition coefficient (Wildman–Crippen LogP) is 1.24. The summed E-state index contributed by atoms with van der Waals surface area (Å²) >= 11 is 1.61. The van der Waals surface area contributed by atoms with Crippen molar-refractivity contribution in [3.63, 3.8) is 0 Å². The lowest BCUT2D eigenvalue weighted by molar-refractivity contribution is -0.131. The number of likely N-dealkylation sites (N-methyl/N-ethyl adjacent to an activating group) is 2. The van der Waals surface area contributed by atoms with E-state index in [2.05, 4.69) is 10.3 Å². The first kappa shape index (κ1) is 16.4. The van der Waals surface area contributed by atoms with Crippen LogP contribution in [0.15, 0.2) is 24.3 Å². The first-order valence-electron chi connectivity index (χ1n) is 7.63. The third-order valence-electron chi connectivity index (χ3n) is 4.05. The molecule has 1 fully saturated rings. The number of fused-ring (bicyclic) bond motifs is 1. The molecule has 1 atom stereocenters. The Morgan fingerprint density at radius 3 is 2.71 bits per heavy atom. The monoisotopic (exact) mass is 346 g/mol. The molecule has 1 aromatic heterocycles. The lowest BCUT2D eigenvalue weighted by Gasteiger charge is -2.15. The molecule has 0 radical (unpaired) electrons. The maximum atomic E-state index is 12.0. The zero-order chi connectivity index (χ0) is 17.3. The maximum absolute atomic E-state index is 12.0. The lowest BCUT2D eigenvalue weighted by Crippen LogP contribution is -2.37. The molecule has 7 nitrogen and oxygen atoms in total. The molecule has 2 aromatic rings. The van der Waals surface area contributed by atoms with Gasteiger partial charge in [-0.3, -0.25) is 14.5 Å². The van der Waals surface area contributed by atoms with Gasteiger partial charge in [-0.15, -0.1) is 11.3 Å². The normalized spacial score (nSPS) is 17.8. The van der Waals surface area contributed by atoms with E-state index in [0.717, 1.165) is 20.1 Å². The predicted molar refractivity (Wildman–Crippen MR) is 90.7 cm³/mol. The Labute approximate surface area is 143 Å². The molecule has 0 aliphatic carbocycles. The van der Waals surface area contributed by atoms with E-state index in [1.807, 2.05) is 24.3 Å². The highest BCUT2D eigenvalue weighted by molar-refractivity contribution is 7.18. The molecule has 0 bridgehead atoms. The molecule has 1 aliphatic rings. The number of imide groups is 1. The number of aromatic nitrogens is 1. The Kier molecular flexibility index (Phi) is 4.48. The van der Waals surface area contributed by atoms with E-state index in [4.69, 9.17) is 0 Å². The summed E-state index contributed by atoms with van der Waals surface area (Å²) in [5.74, 6) is -0.590. The molecule has 4 amide bonds. The van der Waals surface area contributed by atoms with Crippen LogP contribution in [0.1, 0.15) is 11.4 Å². The number of carbonyl (C=O) groups excluding carboxylic acids is 3. The second kappa shape index (κ2) is 6.56. The van der Waals surface area contributed by atoms with Crippen LogP contribution in [0, 0.1) is 0 Å². The second-order valence-corrected chi connectivity index (χ2v) is 6.80. The van der Waals surface area contributed by atoms with Gasteiger partial charge in [-0.2, -0.15) is 0 Å².